The zero-order valence-electron chi connectivity index (χ0n) is 12.8. The van der Waals surface area contributed by atoms with Gasteiger partial charge in [-0.25, -0.2) is 4.68 Å². The van der Waals surface area contributed by atoms with Gasteiger partial charge in [-0.1, -0.05) is 39.0 Å². The number of rotatable bonds is 7. The van der Waals surface area contributed by atoms with Gasteiger partial charge >= 0.3 is 0 Å². The Bertz CT molecular complexity index is 504. The molecule has 1 heterocycles. The van der Waals surface area contributed by atoms with Crippen LogP contribution in [0.15, 0.2) is 42.6 Å². The molecule has 108 valence electrons. The molecular formula is C17H25N3. The fraction of sp³-hybridized carbons (Fsp3) is 0.471. The molecule has 0 saturated heterocycles. The molecule has 0 amide bonds. The van der Waals surface area contributed by atoms with Crippen LogP contribution in [0.3, 0.4) is 0 Å². The monoisotopic (exact) mass is 271 g/mol. The minimum absolute atomic E-state index is 0.247. The zero-order chi connectivity index (χ0) is 14.4. The van der Waals surface area contributed by atoms with Crippen LogP contribution in [0, 0.1) is 0 Å². The first kappa shape index (κ1) is 14.8. The summed E-state index contributed by atoms with van der Waals surface area (Å²) in [5.41, 5.74) is 2.44. The highest BCUT2D eigenvalue weighted by molar-refractivity contribution is 5.30. The van der Waals surface area contributed by atoms with Crippen LogP contribution in [-0.2, 0) is 6.54 Å². The molecule has 0 fully saturated rings. The van der Waals surface area contributed by atoms with E-state index in [-0.39, 0.29) is 5.54 Å². The van der Waals surface area contributed by atoms with Gasteiger partial charge in [-0.2, -0.15) is 5.10 Å². The molecule has 0 radical (unpaired) electrons. The highest BCUT2D eigenvalue weighted by Gasteiger charge is 2.22. The Morgan fingerprint density at radius 2 is 1.65 bits per heavy atom. The number of para-hydroxylation sites is 1. The Labute approximate surface area is 122 Å². The van der Waals surface area contributed by atoms with E-state index in [1.165, 1.54) is 0 Å². The van der Waals surface area contributed by atoms with E-state index in [1.807, 2.05) is 29.1 Å². The van der Waals surface area contributed by atoms with E-state index in [1.54, 1.807) is 0 Å². The molecule has 3 heteroatoms. The van der Waals surface area contributed by atoms with Gasteiger partial charge in [-0.3, -0.25) is 0 Å². The van der Waals surface area contributed by atoms with E-state index in [2.05, 4.69) is 49.4 Å². The van der Waals surface area contributed by atoms with Gasteiger partial charge in [0.15, 0.2) is 0 Å². The summed E-state index contributed by atoms with van der Waals surface area (Å²) in [5, 5.41) is 8.33. The van der Waals surface area contributed by atoms with Crippen molar-refractivity contribution in [3.05, 3.63) is 48.3 Å². The molecular weight excluding hydrogens is 246 g/mol. The van der Waals surface area contributed by atoms with Gasteiger partial charge in [0, 0.05) is 18.3 Å². The number of nitrogens with zero attached hydrogens (tertiary/aromatic N) is 2. The fourth-order valence-corrected chi connectivity index (χ4v) is 2.58. The maximum Gasteiger partial charge on any atom is 0.0767 e. The number of aromatic nitrogens is 2. The van der Waals surface area contributed by atoms with Gasteiger partial charge in [-0.15, -0.1) is 0 Å². The molecule has 0 unspecified atom stereocenters. The average Bonchev–Trinajstić information content (AvgIpc) is 2.99. The Balaban J connectivity index is 2.03. The summed E-state index contributed by atoms with van der Waals surface area (Å²) in [6, 6.07) is 12.3. The van der Waals surface area contributed by atoms with Crippen LogP contribution in [0.4, 0.5) is 0 Å². The first-order valence-corrected chi connectivity index (χ1v) is 7.58. The number of nitrogens with one attached hydrogen (secondary N) is 1. The van der Waals surface area contributed by atoms with E-state index in [0.29, 0.717) is 0 Å². The number of hydrogen-bond acceptors (Lipinski definition) is 2. The molecule has 1 N–H and O–H groups in total. The van der Waals surface area contributed by atoms with Gasteiger partial charge in [-0.05, 0) is 37.5 Å². The van der Waals surface area contributed by atoms with Crippen LogP contribution in [0.2, 0.25) is 0 Å². The van der Waals surface area contributed by atoms with Crippen molar-refractivity contribution in [2.45, 2.75) is 52.1 Å². The van der Waals surface area contributed by atoms with Gasteiger partial charge in [0.2, 0.25) is 0 Å². The smallest absolute Gasteiger partial charge is 0.0767 e. The van der Waals surface area contributed by atoms with E-state index in [9.17, 15) is 0 Å². The Kier molecular flexibility index (Phi) is 4.96. The Morgan fingerprint density at radius 1 is 1.00 bits per heavy atom. The quantitative estimate of drug-likeness (QED) is 0.827. The van der Waals surface area contributed by atoms with Crippen molar-refractivity contribution in [3.8, 4) is 5.69 Å². The first-order valence-electron chi connectivity index (χ1n) is 7.58. The van der Waals surface area contributed by atoms with Crippen LogP contribution in [0.1, 0.15) is 45.7 Å². The van der Waals surface area contributed by atoms with Crippen LogP contribution >= 0.6 is 0 Å². The second kappa shape index (κ2) is 6.71. The van der Waals surface area contributed by atoms with Crippen LogP contribution < -0.4 is 5.32 Å². The SMILES string of the molecule is CCC(CC)(CC)NCc1ccn(-c2ccccc2)n1. The molecule has 0 aliphatic carbocycles. The topological polar surface area (TPSA) is 29.9 Å². The summed E-state index contributed by atoms with van der Waals surface area (Å²) in [7, 11) is 0. The van der Waals surface area contributed by atoms with Crippen LogP contribution in [-0.4, -0.2) is 15.3 Å². The average molecular weight is 271 g/mol. The fourth-order valence-electron chi connectivity index (χ4n) is 2.58. The molecule has 0 spiro atoms. The van der Waals surface area contributed by atoms with E-state index < -0.39 is 0 Å². The lowest BCUT2D eigenvalue weighted by Gasteiger charge is -2.31. The molecule has 1 aromatic heterocycles. The Morgan fingerprint density at radius 3 is 2.25 bits per heavy atom. The van der Waals surface area contributed by atoms with E-state index in [0.717, 1.165) is 37.2 Å². The molecule has 20 heavy (non-hydrogen) atoms. The van der Waals surface area contributed by atoms with Crippen molar-refractivity contribution in [2.75, 3.05) is 0 Å². The normalized spacial score (nSPS) is 11.8. The molecule has 0 aliphatic rings. The van der Waals surface area contributed by atoms with Crippen molar-refractivity contribution < 1.29 is 0 Å². The molecule has 0 aliphatic heterocycles. The summed E-state index contributed by atoms with van der Waals surface area (Å²) >= 11 is 0. The lowest BCUT2D eigenvalue weighted by atomic mass is 9.90. The summed E-state index contributed by atoms with van der Waals surface area (Å²) in [6.07, 6.45) is 5.48. The van der Waals surface area contributed by atoms with Gasteiger partial charge < -0.3 is 5.32 Å². The second-order valence-electron chi connectivity index (χ2n) is 5.28. The summed E-state index contributed by atoms with van der Waals surface area (Å²) < 4.78 is 1.93. The largest absolute Gasteiger partial charge is 0.306 e. The maximum atomic E-state index is 4.64. The van der Waals surface area contributed by atoms with Crippen molar-refractivity contribution in [1.82, 2.24) is 15.1 Å². The van der Waals surface area contributed by atoms with Crippen LogP contribution in [0.25, 0.3) is 5.69 Å². The lowest BCUT2D eigenvalue weighted by molar-refractivity contribution is 0.286. The summed E-state index contributed by atoms with van der Waals surface area (Å²) in [4.78, 5) is 0. The lowest BCUT2D eigenvalue weighted by Crippen LogP contribution is -2.43. The third-order valence-corrected chi connectivity index (χ3v) is 4.34. The van der Waals surface area contributed by atoms with Crippen molar-refractivity contribution in [2.24, 2.45) is 0 Å². The third-order valence-electron chi connectivity index (χ3n) is 4.34. The standard InChI is InChI=1S/C17H25N3/c1-4-17(5-2,6-3)18-14-15-12-13-20(19-15)16-10-8-7-9-11-16/h7-13,18H,4-6,14H2,1-3H3. The summed E-state index contributed by atoms with van der Waals surface area (Å²) in [6.45, 7) is 7.59. The van der Waals surface area contributed by atoms with E-state index in [4.69, 9.17) is 0 Å². The van der Waals surface area contributed by atoms with Gasteiger partial charge in [0.1, 0.15) is 0 Å². The molecule has 2 rings (SSSR count). The molecule has 3 nitrogen and oxygen atoms in total. The van der Waals surface area contributed by atoms with Gasteiger partial charge in [0.05, 0.1) is 11.4 Å². The highest BCUT2D eigenvalue weighted by Crippen LogP contribution is 2.19. The first-order chi connectivity index (χ1) is 9.73. The van der Waals surface area contributed by atoms with Crippen LogP contribution in [0.5, 0.6) is 0 Å². The molecule has 1 aromatic carbocycles. The Hall–Kier alpha value is -1.61. The molecule has 0 atom stereocenters. The third kappa shape index (κ3) is 3.28. The predicted molar refractivity (Wildman–Crippen MR) is 84.0 cm³/mol. The number of benzene rings is 1. The molecule has 0 saturated carbocycles. The minimum atomic E-state index is 0.247. The zero-order valence-corrected chi connectivity index (χ0v) is 12.8. The van der Waals surface area contributed by atoms with Crippen molar-refractivity contribution >= 4 is 0 Å². The van der Waals surface area contributed by atoms with E-state index >= 15 is 0 Å². The van der Waals surface area contributed by atoms with Crippen molar-refractivity contribution in [3.63, 3.8) is 0 Å². The van der Waals surface area contributed by atoms with Gasteiger partial charge in [0.25, 0.3) is 0 Å². The highest BCUT2D eigenvalue weighted by atomic mass is 15.3. The maximum absolute atomic E-state index is 4.64. The second-order valence-corrected chi connectivity index (χ2v) is 5.28. The molecule has 0 bridgehead atoms. The predicted octanol–water partition coefficient (Wildman–Crippen LogP) is 3.93. The number of hydrogen-bond donors (Lipinski definition) is 1. The minimum Gasteiger partial charge on any atom is -0.306 e. The van der Waals surface area contributed by atoms with Crippen molar-refractivity contribution in [1.29, 1.82) is 0 Å². The molecule has 2 aromatic rings. The summed E-state index contributed by atoms with van der Waals surface area (Å²) in [5.74, 6) is 0.